The van der Waals surface area contributed by atoms with Crippen LogP contribution in [0.2, 0.25) is 0 Å². The molecule has 0 fully saturated rings. The van der Waals surface area contributed by atoms with Crippen LogP contribution >= 0.6 is 0 Å². The van der Waals surface area contributed by atoms with Crippen molar-refractivity contribution in [3.8, 4) is 5.75 Å². The van der Waals surface area contributed by atoms with Crippen LogP contribution in [-0.2, 0) is 13.0 Å². The van der Waals surface area contributed by atoms with E-state index in [2.05, 4.69) is 4.98 Å². The van der Waals surface area contributed by atoms with Crippen LogP contribution < -0.4 is 10.5 Å². The molecule has 1 aromatic heterocycles. The molecule has 21 heavy (non-hydrogen) atoms. The summed E-state index contributed by atoms with van der Waals surface area (Å²) in [6.07, 6.45) is 4.05. The Morgan fingerprint density at radius 1 is 1.19 bits per heavy atom. The van der Waals surface area contributed by atoms with Gasteiger partial charge >= 0.3 is 0 Å². The van der Waals surface area contributed by atoms with Crippen molar-refractivity contribution in [3.63, 3.8) is 0 Å². The maximum absolute atomic E-state index is 13.9. The van der Waals surface area contributed by atoms with Gasteiger partial charge in [0.05, 0.1) is 6.20 Å². The lowest BCUT2D eigenvalue weighted by molar-refractivity contribution is 0.289. The first-order valence-electron chi connectivity index (χ1n) is 6.84. The Labute approximate surface area is 122 Å². The molecule has 0 saturated carbocycles. The lowest BCUT2D eigenvalue weighted by Crippen LogP contribution is -2.21. The highest BCUT2D eigenvalue weighted by atomic mass is 19.1. The Morgan fingerprint density at radius 2 is 2.00 bits per heavy atom. The third-order valence-corrected chi connectivity index (χ3v) is 3.17. The maximum Gasteiger partial charge on any atom is 0.165 e. The summed E-state index contributed by atoms with van der Waals surface area (Å²) in [6, 6.07) is 6.11. The van der Waals surface area contributed by atoms with Gasteiger partial charge in [0.1, 0.15) is 12.4 Å². The van der Waals surface area contributed by atoms with Crippen molar-refractivity contribution >= 4 is 0 Å². The Hall–Kier alpha value is -2.01. The molecule has 0 radical (unpaired) electrons. The molecule has 0 saturated heterocycles. The number of pyridine rings is 1. The highest BCUT2D eigenvalue weighted by Gasteiger charge is 2.08. The number of nitrogens with zero attached hydrogens (tertiary/aromatic N) is 1. The van der Waals surface area contributed by atoms with Crippen LogP contribution in [0.4, 0.5) is 8.78 Å². The number of ether oxygens (including phenoxy) is 1. The number of hydrogen-bond acceptors (Lipinski definition) is 3. The topological polar surface area (TPSA) is 48.1 Å². The summed E-state index contributed by atoms with van der Waals surface area (Å²) in [7, 11) is 0. The summed E-state index contributed by atoms with van der Waals surface area (Å²) in [5, 5.41) is 0. The molecule has 0 aliphatic heterocycles. The number of nitrogens with two attached hydrogens (primary N) is 1. The van der Waals surface area contributed by atoms with Crippen molar-refractivity contribution in [3.05, 3.63) is 59.4 Å². The second kappa shape index (κ2) is 7.13. The predicted octanol–water partition coefficient (Wildman–Crippen LogP) is 3.22. The van der Waals surface area contributed by atoms with Crippen molar-refractivity contribution in [1.29, 1.82) is 0 Å². The van der Waals surface area contributed by atoms with Crippen molar-refractivity contribution < 1.29 is 13.5 Å². The minimum Gasteiger partial charge on any atom is -0.486 e. The van der Waals surface area contributed by atoms with Gasteiger partial charge in [-0.3, -0.25) is 4.98 Å². The van der Waals surface area contributed by atoms with Crippen molar-refractivity contribution in [1.82, 2.24) is 4.98 Å². The number of rotatable bonds is 6. The zero-order valence-electron chi connectivity index (χ0n) is 11.9. The summed E-state index contributed by atoms with van der Waals surface area (Å²) < 4.78 is 32.3. The molecule has 0 spiro atoms. The minimum absolute atomic E-state index is 0.0227. The highest BCUT2D eigenvalue weighted by molar-refractivity contribution is 5.30. The molecule has 0 aliphatic rings. The van der Waals surface area contributed by atoms with E-state index < -0.39 is 11.6 Å². The number of benzene rings is 1. The first-order chi connectivity index (χ1) is 10.1. The van der Waals surface area contributed by atoms with Crippen LogP contribution in [0.1, 0.15) is 24.5 Å². The molecule has 2 N–H and O–H groups in total. The van der Waals surface area contributed by atoms with Gasteiger partial charge in [-0.2, -0.15) is 0 Å². The molecule has 0 aliphatic carbocycles. The van der Waals surface area contributed by atoms with E-state index in [0.29, 0.717) is 12.0 Å². The monoisotopic (exact) mass is 292 g/mol. The van der Waals surface area contributed by atoms with E-state index in [1.165, 1.54) is 18.3 Å². The Bertz CT molecular complexity index is 605. The van der Waals surface area contributed by atoms with Crippen LogP contribution in [0.15, 0.2) is 36.7 Å². The van der Waals surface area contributed by atoms with E-state index in [1.54, 1.807) is 12.1 Å². The van der Waals surface area contributed by atoms with E-state index in [-0.39, 0.29) is 18.4 Å². The lowest BCUT2D eigenvalue weighted by atomic mass is 10.0. The zero-order valence-corrected chi connectivity index (χ0v) is 11.9. The molecule has 1 heterocycles. The molecule has 1 aromatic carbocycles. The number of aromatic nitrogens is 1. The van der Waals surface area contributed by atoms with Gasteiger partial charge in [0.15, 0.2) is 11.6 Å². The van der Waals surface area contributed by atoms with Crippen LogP contribution in [0, 0.1) is 11.6 Å². The van der Waals surface area contributed by atoms with Gasteiger partial charge in [0, 0.05) is 17.8 Å². The summed E-state index contributed by atoms with van der Waals surface area (Å²) in [6.45, 7) is 2.06. The summed E-state index contributed by atoms with van der Waals surface area (Å²) in [5.41, 5.74) is 7.23. The Kier molecular flexibility index (Phi) is 5.22. The molecule has 0 bridgehead atoms. The summed E-state index contributed by atoms with van der Waals surface area (Å²) in [4.78, 5) is 3.71. The third-order valence-electron chi connectivity index (χ3n) is 3.17. The molecular weight excluding hydrogens is 274 g/mol. The van der Waals surface area contributed by atoms with Crippen LogP contribution in [-0.4, -0.2) is 11.0 Å². The fourth-order valence-electron chi connectivity index (χ4n) is 1.93. The maximum atomic E-state index is 13.9. The number of hydrogen-bond donors (Lipinski definition) is 1. The van der Waals surface area contributed by atoms with Gasteiger partial charge in [0.25, 0.3) is 0 Å². The molecule has 2 aromatic rings. The standard InChI is InChI=1S/C16H18F2N2O/c1-2-14(19)6-11-3-4-16(15(18)7-11)21-10-12-5-13(17)9-20-8-12/h3-5,7-9,14H,2,6,10,19H2,1H3. The second-order valence-corrected chi connectivity index (χ2v) is 4.94. The molecule has 5 heteroatoms. The first-order valence-corrected chi connectivity index (χ1v) is 6.84. The smallest absolute Gasteiger partial charge is 0.165 e. The largest absolute Gasteiger partial charge is 0.486 e. The molecular formula is C16H18F2N2O. The molecule has 1 atom stereocenters. The van der Waals surface area contributed by atoms with E-state index in [0.717, 1.165) is 18.2 Å². The molecule has 0 amide bonds. The minimum atomic E-state index is -0.444. The Morgan fingerprint density at radius 3 is 2.67 bits per heavy atom. The lowest BCUT2D eigenvalue weighted by Gasteiger charge is -2.11. The van der Waals surface area contributed by atoms with E-state index in [4.69, 9.17) is 10.5 Å². The normalized spacial score (nSPS) is 12.2. The van der Waals surface area contributed by atoms with Gasteiger partial charge in [0.2, 0.25) is 0 Å². The number of halogens is 2. The van der Waals surface area contributed by atoms with Crippen molar-refractivity contribution in [2.24, 2.45) is 5.73 Å². The SMILES string of the molecule is CCC(N)Cc1ccc(OCc2cncc(F)c2)c(F)c1. The second-order valence-electron chi connectivity index (χ2n) is 4.94. The summed E-state index contributed by atoms with van der Waals surface area (Å²) >= 11 is 0. The average molecular weight is 292 g/mol. The fourth-order valence-corrected chi connectivity index (χ4v) is 1.93. The van der Waals surface area contributed by atoms with Crippen LogP contribution in [0.5, 0.6) is 5.75 Å². The Balaban J connectivity index is 2.01. The van der Waals surface area contributed by atoms with E-state index in [1.807, 2.05) is 6.92 Å². The molecule has 2 rings (SSSR count). The van der Waals surface area contributed by atoms with Gasteiger partial charge < -0.3 is 10.5 Å². The van der Waals surface area contributed by atoms with Gasteiger partial charge in [-0.1, -0.05) is 13.0 Å². The average Bonchev–Trinajstić information content (AvgIpc) is 2.46. The summed E-state index contributed by atoms with van der Waals surface area (Å²) in [5.74, 6) is -0.756. The van der Waals surface area contributed by atoms with Crippen LogP contribution in [0.3, 0.4) is 0 Å². The third kappa shape index (κ3) is 4.49. The molecule has 3 nitrogen and oxygen atoms in total. The van der Waals surface area contributed by atoms with E-state index >= 15 is 0 Å². The molecule has 1 unspecified atom stereocenters. The van der Waals surface area contributed by atoms with Gasteiger partial charge in [-0.15, -0.1) is 0 Å². The van der Waals surface area contributed by atoms with Crippen LogP contribution in [0.25, 0.3) is 0 Å². The van der Waals surface area contributed by atoms with Gasteiger partial charge in [-0.25, -0.2) is 8.78 Å². The highest BCUT2D eigenvalue weighted by Crippen LogP contribution is 2.20. The van der Waals surface area contributed by atoms with Gasteiger partial charge in [-0.05, 0) is 36.6 Å². The van der Waals surface area contributed by atoms with Crippen molar-refractivity contribution in [2.75, 3.05) is 0 Å². The predicted molar refractivity (Wildman–Crippen MR) is 76.9 cm³/mol. The quantitative estimate of drug-likeness (QED) is 0.889. The fraction of sp³-hybridized carbons (Fsp3) is 0.312. The van der Waals surface area contributed by atoms with E-state index in [9.17, 15) is 8.78 Å². The van der Waals surface area contributed by atoms with Crippen molar-refractivity contribution in [2.45, 2.75) is 32.4 Å². The first kappa shape index (κ1) is 15.4. The molecule has 112 valence electrons. The zero-order chi connectivity index (χ0) is 15.2.